The summed E-state index contributed by atoms with van der Waals surface area (Å²) in [6, 6.07) is 4.26. The second kappa shape index (κ2) is 13.6. The summed E-state index contributed by atoms with van der Waals surface area (Å²) in [5.74, 6) is 1.18. The molecule has 1 aromatic rings. The molecule has 1 rings (SSSR count). The quantitative estimate of drug-likeness (QED) is 0.198. The van der Waals surface area contributed by atoms with Crippen LogP contribution in [0.3, 0.4) is 0 Å². The third-order valence-corrected chi connectivity index (χ3v) is 4.03. The van der Waals surface area contributed by atoms with E-state index in [1.54, 1.807) is 18.4 Å². The van der Waals surface area contributed by atoms with Crippen molar-refractivity contribution in [1.82, 2.24) is 10.6 Å². The maximum absolute atomic E-state index is 11.2. The fourth-order valence-electron chi connectivity index (χ4n) is 2.01. The minimum Gasteiger partial charge on any atom is -0.466 e. The molecule has 7 heteroatoms. The molecule has 1 atom stereocenters. The van der Waals surface area contributed by atoms with Crippen LogP contribution in [0.4, 0.5) is 0 Å². The van der Waals surface area contributed by atoms with Crippen LogP contribution in [0.2, 0.25) is 0 Å². The van der Waals surface area contributed by atoms with E-state index >= 15 is 0 Å². The van der Waals surface area contributed by atoms with Crippen molar-refractivity contribution in [2.75, 3.05) is 26.7 Å². The van der Waals surface area contributed by atoms with Crippen molar-refractivity contribution < 1.29 is 9.53 Å². The highest BCUT2D eigenvalue weighted by molar-refractivity contribution is 14.0. The van der Waals surface area contributed by atoms with Crippen molar-refractivity contribution in [3.05, 3.63) is 22.4 Å². The smallest absolute Gasteiger partial charge is 0.305 e. The molecule has 23 heavy (non-hydrogen) atoms. The number of hydrogen-bond acceptors (Lipinski definition) is 4. The first kappa shape index (κ1) is 22.2. The van der Waals surface area contributed by atoms with Crippen LogP contribution in [0.1, 0.15) is 31.6 Å². The van der Waals surface area contributed by atoms with E-state index < -0.39 is 0 Å². The molecule has 0 spiro atoms. The average molecular weight is 453 g/mol. The number of carbonyl (C=O) groups is 1. The number of hydrogen-bond donors (Lipinski definition) is 2. The number of aliphatic imine (C=N–C) groups is 1. The summed E-state index contributed by atoms with van der Waals surface area (Å²) in [6.07, 6.45) is 2.25. The molecule has 0 fully saturated rings. The zero-order valence-electron chi connectivity index (χ0n) is 14.1. The van der Waals surface area contributed by atoms with E-state index in [1.807, 2.05) is 6.92 Å². The lowest BCUT2D eigenvalue weighted by atomic mass is 10.1. The SMILES string of the molecule is CCOC(=O)CCCNC(=NC)NCC(C)Cc1cccs1.I. The van der Waals surface area contributed by atoms with Crippen molar-refractivity contribution in [1.29, 1.82) is 0 Å². The lowest BCUT2D eigenvalue weighted by molar-refractivity contribution is -0.143. The normalized spacial score (nSPS) is 12.2. The predicted molar refractivity (Wildman–Crippen MR) is 108 cm³/mol. The molecule has 0 aliphatic rings. The number of carbonyl (C=O) groups excluding carboxylic acids is 1. The van der Waals surface area contributed by atoms with Gasteiger partial charge >= 0.3 is 5.97 Å². The van der Waals surface area contributed by atoms with Gasteiger partial charge in [0.15, 0.2) is 5.96 Å². The fourth-order valence-corrected chi connectivity index (χ4v) is 2.88. The van der Waals surface area contributed by atoms with Gasteiger partial charge in [0.2, 0.25) is 0 Å². The number of halogens is 1. The standard InChI is InChI=1S/C16H27N3O2S.HI/c1-4-21-15(20)8-5-9-18-16(17-3)19-12-13(2)11-14-7-6-10-22-14;/h6-7,10,13H,4-5,8-9,11-12H2,1-3H3,(H2,17,18,19);1H. The Morgan fingerprint density at radius 2 is 2.22 bits per heavy atom. The van der Waals surface area contributed by atoms with Gasteiger partial charge < -0.3 is 15.4 Å². The van der Waals surface area contributed by atoms with Gasteiger partial charge in [0.05, 0.1) is 6.61 Å². The van der Waals surface area contributed by atoms with E-state index in [4.69, 9.17) is 4.74 Å². The summed E-state index contributed by atoms with van der Waals surface area (Å²) in [4.78, 5) is 16.8. The summed E-state index contributed by atoms with van der Waals surface area (Å²) < 4.78 is 4.89. The Bertz CT molecular complexity index is 452. The van der Waals surface area contributed by atoms with E-state index in [-0.39, 0.29) is 29.9 Å². The van der Waals surface area contributed by atoms with Gasteiger partial charge in [-0.05, 0) is 37.1 Å². The molecule has 0 bridgehead atoms. The number of ether oxygens (including phenoxy) is 1. The van der Waals surface area contributed by atoms with Crippen LogP contribution in [0.25, 0.3) is 0 Å². The van der Waals surface area contributed by atoms with Gasteiger partial charge in [-0.1, -0.05) is 13.0 Å². The second-order valence-corrected chi connectivity index (χ2v) is 6.21. The highest BCUT2D eigenvalue weighted by Crippen LogP contribution is 2.13. The number of nitrogens with one attached hydrogen (secondary N) is 2. The molecule has 0 aliphatic heterocycles. The molecule has 1 unspecified atom stereocenters. The maximum atomic E-state index is 11.2. The Labute approximate surface area is 160 Å². The summed E-state index contributed by atoms with van der Waals surface area (Å²) in [6.45, 7) is 6.06. The first-order chi connectivity index (χ1) is 10.7. The van der Waals surface area contributed by atoms with Crippen molar-refractivity contribution in [2.24, 2.45) is 10.9 Å². The highest BCUT2D eigenvalue weighted by Gasteiger charge is 2.06. The third-order valence-electron chi connectivity index (χ3n) is 3.13. The van der Waals surface area contributed by atoms with Crippen molar-refractivity contribution in [3.8, 4) is 0 Å². The molecule has 0 saturated carbocycles. The lowest BCUT2D eigenvalue weighted by Gasteiger charge is -2.15. The number of guanidine groups is 1. The maximum Gasteiger partial charge on any atom is 0.305 e. The average Bonchev–Trinajstić information content (AvgIpc) is 2.99. The molecular weight excluding hydrogens is 425 g/mol. The van der Waals surface area contributed by atoms with E-state index in [0.29, 0.717) is 25.5 Å². The molecule has 1 heterocycles. The van der Waals surface area contributed by atoms with Crippen LogP contribution >= 0.6 is 35.3 Å². The largest absolute Gasteiger partial charge is 0.466 e. The molecular formula is C16H28IN3O2S. The molecule has 0 aromatic carbocycles. The van der Waals surface area contributed by atoms with Gasteiger partial charge in [0.1, 0.15) is 0 Å². The van der Waals surface area contributed by atoms with E-state index in [0.717, 1.165) is 25.3 Å². The van der Waals surface area contributed by atoms with Crippen LogP contribution in [0, 0.1) is 5.92 Å². The Kier molecular flexibility index (Phi) is 13.1. The molecule has 0 aliphatic carbocycles. The number of nitrogens with zero attached hydrogens (tertiary/aromatic N) is 1. The zero-order valence-corrected chi connectivity index (χ0v) is 17.3. The topological polar surface area (TPSA) is 62.7 Å². The molecule has 0 amide bonds. The van der Waals surface area contributed by atoms with Gasteiger partial charge in [-0.25, -0.2) is 0 Å². The molecule has 132 valence electrons. The molecule has 0 radical (unpaired) electrons. The fraction of sp³-hybridized carbons (Fsp3) is 0.625. The van der Waals surface area contributed by atoms with Crippen LogP contribution in [0.15, 0.2) is 22.5 Å². The predicted octanol–water partition coefficient (Wildman–Crippen LogP) is 3.05. The Balaban J connectivity index is 0.00000484. The molecule has 1 aromatic heterocycles. The summed E-state index contributed by atoms with van der Waals surface area (Å²) in [5.41, 5.74) is 0. The van der Waals surface area contributed by atoms with Gasteiger partial charge in [-0.15, -0.1) is 35.3 Å². The summed E-state index contributed by atoms with van der Waals surface area (Å²) in [7, 11) is 1.75. The van der Waals surface area contributed by atoms with Crippen molar-refractivity contribution in [2.45, 2.75) is 33.1 Å². The minimum absolute atomic E-state index is 0. The lowest BCUT2D eigenvalue weighted by Crippen LogP contribution is -2.40. The van der Waals surface area contributed by atoms with Crippen LogP contribution in [-0.4, -0.2) is 38.7 Å². The number of thiophene rings is 1. The first-order valence-electron chi connectivity index (χ1n) is 7.78. The number of esters is 1. The van der Waals surface area contributed by atoms with Crippen LogP contribution < -0.4 is 10.6 Å². The number of rotatable bonds is 9. The first-order valence-corrected chi connectivity index (χ1v) is 8.66. The van der Waals surface area contributed by atoms with E-state index in [9.17, 15) is 4.79 Å². The van der Waals surface area contributed by atoms with Gasteiger partial charge in [0.25, 0.3) is 0 Å². The monoisotopic (exact) mass is 453 g/mol. The minimum atomic E-state index is -0.142. The van der Waals surface area contributed by atoms with E-state index in [1.165, 1.54) is 4.88 Å². The second-order valence-electron chi connectivity index (χ2n) is 5.18. The summed E-state index contributed by atoms with van der Waals surface area (Å²) >= 11 is 1.80. The third kappa shape index (κ3) is 10.5. The summed E-state index contributed by atoms with van der Waals surface area (Å²) in [5, 5.41) is 8.65. The van der Waals surface area contributed by atoms with Crippen LogP contribution in [-0.2, 0) is 16.0 Å². The molecule has 2 N–H and O–H groups in total. The highest BCUT2D eigenvalue weighted by atomic mass is 127. The Morgan fingerprint density at radius 3 is 2.83 bits per heavy atom. The van der Waals surface area contributed by atoms with Gasteiger partial charge in [-0.2, -0.15) is 0 Å². The molecule has 0 saturated heterocycles. The van der Waals surface area contributed by atoms with Gasteiger partial charge in [0, 0.05) is 31.4 Å². The van der Waals surface area contributed by atoms with Crippen molar-refractivity contribution in [3.63, 3.8) is 0 Å². The Hall–Kier alpha value is -0.830. The molecule has 5 nitrogen and oxygen atoms in total. The Morgan fingerprint density at radius 1 is 1.43 bits per heavy atom. The van der Waals surface area contributed by atoms with Gasteiger partial charge in [-0.3, -0.25) is 9.79 Å². The van der Waals surface area contributed by atoms with E-state index in [2.05, 4.69) is 40.1 Å². The zero-order chi connectivity index (χ0) is 16.2. The van der Waals surface area contributed by atoms with Crippen LogP contribution in [0.5, 0.6) is 0 Å². The van der Waals surface area contributed by atoms with Crippen molar-refractivity contribution >= 4 is 47.2 Å².